The van der Waals surface area contributed by atoms with Gasteiger partial charge in [-0.1, -0.05) is 0 Å². The highest BCUT2D eigenvalue weighted by Gasteiger charge is 2.23. The topological polar surface area (TPSA) is 102 Å². The molecule has 0 fully saturated rings. The first kappa shape index (κ1) is 15.5. The molecule has 0 saturated heterocycles. The highest BCUT2D eigenvalue weighted by molar-refractivity contribution is 5.97. The standard InChI is InChI=1S/C14H16N4O4/c1-9(10-7-15-16(2)8-10)17(3)14(20)12-5-4-11(18(21)22)6-13(12)19/h4-9,19H,1-3H3. The quantitative estimate of drug-likeness (QED) is 0.686. The van der Waals surface area contributed by atoms with Gasteiger partial charge in [0.15, 0.2) is 0 Å². The minimum Gasteiger partial charge on any atom is -0.507 e. The van der Waals surface area contributed by atoms with E-state index in [-0.39, 0.29) is 17.3 Å². The second kappa shape index (κ2) is 5.84. The summed E-state index contributed by atoms with van der Waals surface area (Å²) < 4.78 is 1.63. The maximum Gasteiger partial charge on any atom is 0.273 e. The second-order valence-electron chi connectivity index (χ2n) is 5.00. The van der Waals surface area contributed by atoms with Crippen LogP contribution in [0.15, 0.2) is 30.6 Å². The summed E-state index contributed by atoms with van der Waals surface area (Å²) in [4.78, 5) is 23.9. The number of rotatable bonds is 4. The van der Waals surface area contributed by atoms with Crippen molar-refractivity contribution in [3.8, 4) is 5.75 Å². The van der Waals surface area contributed by atoms with E-state index < -0.39 is 16.6 Å². The number of hydrogen-bond donors (Lipinski definition) is 1. The lowest BCUT2D eigenvalue weighted by molar-refractivity contribution is -0.384. The number of aryl methyl sites for hydroxylation is 1. The van der Waals surface area contributed by atoms with Crippen molar-refractivity contribution in [2.45, 2.75) is 13.0 Å². The fourth-order valence-electron chi connectivity index (χ4n) is 2.06. The van der Waals surface area contributed by atoms with Crippen LogP contribution in [0.3, 0.4) is 0 Å². The predicted octanol–water partition coefficient (Wildman–Crippen LogP) is 1.87. The number of aromatic hydroxyl groups is 1. The van der Waals surface area contributed by atoms with Crippen LogP contribution in [0, 0.1) is 10.1 Å². The number of phenolic OH excluding ortho intramolecular Hbond substituents is 1. The molecule has 0 aliphatic carbocycles. The normalized spacial score (nSPS) is 12.0. The van der Waals surface area contributed by atoms with Crippen LogP contribution < -0.4 is 0 Å². The van der Waals surface area contributed by atoms with Crippen LogP contribution in [-0.4, -0.2) is 37.7 Å². The fourth-order valence-corrected chi connectivity index (χ4v) is 2.06. The number of carbonyl (C=O) groups excluding carboxylic acids is 1. The smallest absolute Gasteiger partial charge is 0.273 e. The summed E-state index contributed by atoms with van der Waals surface area (Å²) in [6, 6.07) is 3.16. The first-order chi connectivity index (χ1) is 10.3. The Kier molecular flexibility index (Phi) is 4.11. The highest BCUT2D eigenvalue weighted by atomic mass is 16.6. The lowest BCUT2D eigenvalue weighted by Gasteiger charge is -2.24. The molecule has 1 aromatic carbocycles. The molecule has 1 atom stereocenters. The molecule has 8 nitrogen and oxygen atoms in total. The molecule has 0 bridgehead atoms. The van der Waals surface area contributed by atoms with Gasteiger partial charge in [-0.25, -0.2) is 0 Å². The zero-order valence-corrected chi connectivity index (χ0v) is 12.4. The molecule has 1 amide bonds. The largest absolute Gasteiger partial charge is 0.507 e. The number of carbonyl (C=O) groups is 1. The van der Waals surface area contributed by atoms with Gasteiger partial charge in [0.1, 0.15) is 5.75 Å². The van der Waals surface area contributed by atoms with Gasteiger partial charge in [0.2, 0.25) is 0 Å². The van der Waals surface area contributed by atoms with Crippen LogP contribution in [0.2, 0.25) is 0 Å². The Morgan fingerprint density at radius 1 is 1.50 bits per heavy atom. The average molecular weight is 304 g/mol. The minimum absolute atomic E-state index is 0.0174. The molecule has 1 unspecified atom stereocenters. The monoisotopic (exact) mass is 304 g/mol. The summed E-state index contributed by atoms with van der Waals surface area (Å²) in [6.07, 6.45) is 3.45. The molecule has 1 N–H and O–H groups in total. The second-order valence-corrected chi connectivity index (χ2v) is 5.00. The van der Waals surface area contributed by atoms with E-state index in [1.165, 1.54) is 17.0 Å². The number of nitro groups is 1. The van der Waals surface area contributed by atoms with Crippen molar-refractivity contribution >= 4 is 11.6 Å². The van der Waals surface area contributed by atoms with Crippen molar-refractivity contribution in [2.24, 2.45) is 7.05 Å². The summed E-state index contributed by atoms with van der Waals surface area (Å²) >= 11 is 0. The third kappa shape index (κ3) is 2.90. The number of non-ortho nitro benzene ring substituents is 1. The Labute approximate surface area is 126 Å². The van der Waals surface area contributed by atoms with Crippen LogP contribution in [0.5, 0.6) is 5.75 Å². The predicted molar refractivity (Wildman–Crippen MR) is 78.5 cm³/mol. The van der Waals surface area contributed by atoms with Crippen LogP contribution in [0.1, 0.15) is 28.9 Å². The lowest BCUT2D eigenvalue weighted by atomic mass is 10.1. The molecule has 1 heterocycles. The van der Waals surface area contributed by atoms with E-state index >= 15 is 0 Å². The van der Waals surface area contributed by atoms with Gasteiger partial charge in [-0.15, -0.1) is 0 Å². The van der Waals surface area contributed by atoms with Crippen LogP contribution in [0.25, 0.3) is 0 Å². The molecule has 8 heteroatoms. The van der Waals surface area contributed by atoms with Gasteiger partial charge in [0, 0.05) is 31.9 Å². The molecular formula is C14H16N4O4. The lowest BCUT2D eigenvalue weighted by Crippen LogP contribution is -2.29. The molecule has 1 aromatic heterocycles. The van der Waals surface area contributed by atoms with Gasteiger partial charge in [-0.2, -0.15) is 5.10 Å². The van der Waals surface area contributed by atoms with Gasteiger partial charge in [-0.3, -0.25) is 19.6 Å². The van der Waals surface area contributed by atoms with E-state index in [4.69, 9.17) is 0 Å². The van der Waals surface area contributed by atoms with E-state index in [0.29, 0.717) is 0 Å². The van der Waals surface area contributed by atoms with Crippen molar-refractivity contribution in [1.82, 2.24) is 14.7 Å². The number of amides is 1. The molecule has 2 rings (SSSR count). The van der Waals surface area contributed by atoms with Crippen LogP contribution in [-0.2, 0) is 7.05 Å². The van der Waals surface area contributed by atoms with Gasteiger partial charge >= 0.3 is 0 Å². The number of nitrogens with zero attached hydrogens (tertiary/aromatic N) is 4. The molecule has 0 aliphatic heterocycles. The molecule has 0 saturated carbocycles. The summed E-state index contributed by atoms with van der Waals surface area (Å²) in [7, 11) is 3.38. The fraction of sp³-hybridized carbons (Fsp3) is 0.286. The third-order valence-electron chi connectivity index (χ3n) is 3.53. The Hall–Kier alpha value is -2.90. The SMILES string of the molecule is CC(c1cnn(C)c1)N(C)C(=O)c1ccc([N+](=O)[O-])cc1O. The molecule has 0 radical (unpaired) electrons. The maximum atomic E-state index is 12.4. The van der Waals surface area contributed by atoms with Crippen LogP contribution in [0.4, 0.5) is 5.69 Å². The molecule has 0 aliphatic rings. The van der Waals surface area contributed by atoms with Crippen molar-refractivity contribution in [3.63, 3.8) is 0 Å². The Bertz CT molecular complexity index is 725. The number of aromatic nitrogens is 2. The summed E-state index contributed by atoms with van der Waals surface area (Å²) in [5.74, 6) is -0.840. The number of phenols is 1. The van der Waals surface area contributed by atoms with Gasteiger partial charge in [-0.05, 0) is 13.0 Å². The molecular weight excluding hydrogens is 288 g/mol. The van der Waals surface area contributed by atoms with Crippen molar-refractivity contribution < 1.29 is 14.8 Å². The summed E-state index contributed by atoms with van der Waals surface area (Å²) in [5, 5.41) is 24.6. The number of benzene rings is 1. The van der Waals surface area contributed by atoms with Gasteiger partial charge in [0.05, 0.1) is 28.8 Å². The average Bonchev–Trinajstić information content (AvgIpc) is 2.91. The van der Waals surface area contributed by atoms with E-state index in [1.807, 2.05) is 6.92 Å². The Balaban J connectivity index is 2.25. The van der Waals surface area contributed by atoms with E-state index in [2.05, 4.69) is 5.10 Å². The highest BCUT2D eigenvalue weighted by Crippen LogP contribution is 2.27. The molecule has 2 aromatic rings. The first-order valence-corrected chi connectivity index (χ1v) is 6.54. The van der Waals surface area contributed by atoms with E-state index in [0.717, 1.165) is 11.6 Å². The molecule has 0 spiro atoms. The Morgan fingerprint density at radius 3 is 2.68 bits per heavy atom. The number of nitro benzene ring substituents is 1. The van der Waals surface area contributed by atoms with Crippen molar-refractivity contribution in [3.05, 3.63) is 51.8 Å². The Morgan fingerprint density at radius 2 is 2.18 bits per heavy atom. The van der Waals surface area contributed by atoms with Gasteiger partial charge < -0.3 is 10.0 Å². The van der Waals surface area contributed by atoms with E-state index in [9.17, 15) is 20.0 Å². The summed E-state index contributed by atoms with van der Waals surface area (Å²) in [5.41, 5.74) is 0.598. The summed E-state index contributed by atoms with van der Waals surface area (Å²) in [6.45, 7) is 1.83. The van der Waals surface area contributed by atoms with E-state index in [1.54, 1.807) is 31.2 Å². The minimum atomic E-state index is -0.629. The van der Waals surface area contributed by atoms with Crippen molar-refractivity contribution in [2.75, 3.05) is 7.05 Å². The number of hydrogen-bond acceptors (Lipinski definition) is 5. The maximum absolute atomic E-state index is 12.4. The zero-order valence-electron chi connectivity index (χ0n) is 12.4. The third-order valence-corrected chi connectivity index (χ3v) is 3.53. The van der Waals surface area contributed by atoms with Crippen LogP contribution >= 0.6 is 0 Å². The first-order valence-electron chi connectivity index (χ1n) is 6.54. The van der Waals surface area contributed by atoms with Gasteiger partial charge in [0.25, 0.3) is 11.6 Å². The molecule has 116 valence electrons. The molecule has 22 heavy (non-hydrogen) atoms. The zero-order chi connectivity index (χ0) is 16.4. The van der Waals surface area contributed by atoms with Crippen molar-refractivity contribution in [1.29, 1.82) is 0 Å².